The van der Waals surface area contributed by atoms with Crippen LogP contribution < -0.4 is 19.6 Å². The summed E-state index contributed by atoms with van der Waals surface area (Å²) in [5.41, 5.74) is 24.4. The Balaban J connectivity index is 1.17. The molecule has 0 spiro atoms. The van der Waals surface area contributed by atoms with Crippen LogP contribution in [0.3, 0.4) is 0 Å². The molecule has 0 saturated heterocycles. The second-order valence-electron chi connectivity index (χ2n) is 33.0. The Hall–Kier alpha value is -11.8. The number of anilines is 12. The lowest BCUT2D eigenvalue weighted by Crippen LogP contribution is -2.19. The summed E-state index contributed by atoms with van der Waals surface area (Å²) < 4.78 is 0. The average molecular weight is 1420 g/mol. The van der Waals surface area contributed by atoms with E-state index in [4.69, 9.17) is 39.9 Å². The molecule has 108 heavy (non-hydrogen) atoms. The van der Waals surface area contributed by atoms with E-state index in [0.717, 1.165) is 192 Å². The van der Waals surface area contributed by atoms with E-state index in [9.17, 15) is 0 Å². The molecule has 16 aromatic rings. The number of aryl methyl sites for hydroxylation is 4. The molecule has 16 rings (SSSR count). The van der Waals surface area contributed by atoms with Crippen molar-refractivity contribution in [1.29, 1.82) is 0 Å². The molecule has 0 radical (unpaired) electrons. The van der Waals surface area contributed by atoms with Crippen molar-refractivity contribution in [1.82, 2.24) is 39.9 Å². The van der Waals surface area contributed by atoms with Crippen LogP contribution in [-0.4, -0.2) is 39.9 Å². The number of hydrogen-bond acceptors (Lipinski definition) is 12. The molecule has 0 N–H and O–H groups in total. The molecule has 0 unspecified atom stereocenters. The summed E-state index contributed by atoms with van der Waals surface area (Å²) in [6.07, 6.45) is 17.6. The molecule has 12 heteroatoms. The smallest absolute Gasteiger partial charge is 0.116 e. The van der Waals surface area contributed by atoms with E-state index in [1.807, 2.05) is 24.8 Å². The van der Waals surface area contributed by atoms with Gasteiger partial charge in [0.15, 0.2) is 0 Å². The van der Waals surface area contributed by atoms with Crippen LogP contribution in [0, 0.1) is 0 Å². The van der Waals surface area contributed by atoms with Gasteiger partial charge in [-0.05, 0) is 177 Å². The Morgan fingerprint density at radius 3 is 0.630 bits per heavy atom. The largest absolute Gasteiger partial charge is 0.309 e. The standard InChI is InChI=1S/C96H94N12/c1-17-59-21-45-79-75(51-97-55-101-79)89(59)105(67-33-25-63(26-34-67)93(5,6)7)83-49-84(106(68-35-27-64(28-36-68)94(8,9)10)90-60(18-2)22-46-80-76(90)52-98-56-102-80)72-43-44-74-86(108(70-39-31-66(32-40-70)96(14,15)16)92-62(20-4)24-48-82-78(92)54-100-58-104-82)50-85(73-42-41-71(83)87(72)88(73)74)107(69-37-29-65(30-38-69)95(11,12)13)91-61(19-3)23-47-81-77(91)53-99-57-103-81/h21-58H,17-20H2,1-16H3. The van der Waals surface area contributed by atoms with Crippen molar-refractivity contribution < 1.29 is 0 Å². The molecule has 0 aliphatic carbocycles. The summed E-state index contributed by atoms with van der Waals surface area (Å²) >= 11 is 0. The zero-order valence-electron chi connectivity index (χ0n) is 65.1. The Bertz CT molecular complexity index is 5360. The van der Waals surface area contributed by atoms with E-state index in [-0.39, 0.29) is 21.7 Å². The summed E-state index contributed by atoms with van der Waals surface area (Å²) in [6.45, 7) is 36.5. The van der Waals surface area contributed by atoms with Crippen LogP contribution >= 0.6 is 0 Å². The van der Waals surface area contributed by atoms with Gasteiger partial charge in [-0.2, -0.15) is 0 Å². The minimum absolute atomic E-state index is 0.123. The van der Waals surface area contributed by atoms with Crippen LogP contribution in [0.2, 0.25) is 0 Å². The summed E-state index contributed by atoms with van der Waals surface area (Å²) in [7, 11) is 0. The van der Waals surface area contributed by atoms with Gasteiger partial charge in [0.25, 0.3) is 0 Å². The molecule has 0 saturated carbocycles. The van der Waals surface area contributed by atoms with Crippen molar-refractivity contribution in [3.05, 3.63) is 277 Å². The highest BCUT2D eigenvalue weighted by molar-refractivity contribution is 6.34. The fourth-order valence-corrected chi connectivity index (χ4v) is 16.2. The van der Waals surface area contributed by atoms with Gasteiger partial charge in [0.2, 0.25) is 0 Å². The highest BCUT2D eigenvalue weighted by Crippen LogP contribution is 2.58. The summed E-state index contributed by atoms with van der Waals surface area (Å²) in [5.74, 6) is 0. The highest BCUT2D eigenvalue weighted by atomic mass is 15.2. The summed E-state index contributed by atoms with van der Waals surface area (Å²) in [5, 5.41) is 10.1. The first-order chi connectivity index (χ1) is 51.9. The predicted molar refractivity (Wildman–Crippen MR) is 454 cm³/mol. The Morgan fingerprint density at radius 2 is 0.444 bits per heavy atom. The molecule has 0 aliphatic heterocycles. The third-order valence-corrected chi connectivity index (χ3v) is 22.1. The minimum Gasteiger partial charge on any atom is -0.309 e. The number of aromatic nitrogens is 8. The summed E-state index contributed by atoms with van der Waals surface area (Å²) in [4.78, 5) is 49.6. The molecular weight excluding hydrogens is 1320 g/mol. The highest BCUT2D eigenvalue weighted by Gasteiger charge is 2.34. The van der Waals surface area contributed by atoms with Gasteiger partial charge in [-0.15, -0.1) is 0 Å². The Morgan fingerprint density at radius 1 is 0.241 bits per heavy atom. The average Bonchev–Trinajstić information content (AvgIpc) is 0.695. The van der Waals surface area contributed by atoms with Gasteiger partial charge in [0.05, 0.1) is 67.6 Å². The van der Waals surface area contributed by atoms with Crippen molar-refractivity contribution in [2.45, 2.75) is 158 Å². The van der Waals surface area contributed by atoms with E-state index in [1.54, 1.807) is 25.3 Å². The molecule has 0 aliphatic rings. The second-order valence-corrected chi connectivity index (χ2v) is 33.0. The normalized spacial score (nSPS) is 12.4. The third kappa shape index (κ3) is 12.3. The van der Waals surface area contributed by atoms with Gasteiger partial charge in [-0.3, -0.25) is 0 Å². The Kier molecular flexibility index (Phi) is 17.8. The fourth-order valence-electron chi connectivity index (χ4n) is 16.2. The molecule has 0 atom stereocenters. The number of benzene rings is 12. The van der Waals surface area contributed by atoms with Crippen molar-refractivity contribution in [2.75, 3.05) is 19.6 Å². The molecule has 12 aromatic carbocycles. The molecule has 0 fully saturated rings. The lowest BCUT2D eigenvalue weighted by Gasteiger charge is -2.36. The van der Waals surface area contributed by atoms with Crippen LogP contribution in [0.1, 0.15) is 155 Å². The first kappa shape index (κ1) is 70.5. The van der Waals surface area contributed by atoms with Crippen molar-refractivity contribution in [3.8, 4) is 0 Å². The lowest BCUT2D eigenvalue weighted by molar-refractivity contribution is 0.590. The molecular formula is C96H94N12. The lowest BCUT2D eigenvalue weighted by atomic mass is 9.86. The summed E-state index contributed by atoms with van der Waals surface area (Å²) in [6, 6.07) is 69.3. The van der Waals surface area contributed by atoms with Gasteiger partial charge >= 0.3 is 0 Å². The number of rotatable bonds is 16. The van der Waals surface area contributed by atoms with Gasteiger partial charge in [0, 0.05) is 101 Å². The maximum Gasteiger partial charge on any atom is 0.116 e. The zero-order chi connectivity index (χ0) is 75.3. The maximum absolute atomic E-state index is 5.02. The second kappa shape index (κ2) is 27.2. The Labute approximate surface area is 634 Å². The first-order valence-electron chi connectivity index (χ1n) is 38.2. The van der Waals surface area contributed by atoms with E-state index < -0.39 is 0 Å². The van der Waals surface area contributed by atoms with E-state index >= 15 is 0 Å². The van der Waals surface area contributed by atoms with Crippen LogP contribution in [0.25, 0.3) is 75.9 Å². The monoisotopic (exact) mass is 1410 g/mol. The molecule has 4 heterocycles. The molecule has 4 aromatic heterocycles. The van der Waals surface area contributed by atoms with Crippen LogP contribution in [0.5, 0.6) is 0 Å². The molecule has 0 amide bonds. The van der Waals surface area contributed by atoms with Crippen molar-refractivity contribution in [2.24, 2.45) is 0 Å². The van der Waals surface area contributed by atoms with E-state index in [1.165, 1.54) is 22.3 Å². The minimum atomic E-state index is -0.123. The SMILES string of the molecule is CCc1ccc2ncncc2c1N(c1ccc(C(C)(C)C)cc1)c1cc(N(c2ccc(C(C)(C)C)cc2)c2c(CC)ccc3ncncc23)c2ccc3c(N(c4ccc(C(C)(C)C)cc4)c4c(CC)ccc5ncncc45)cc(N(c4ccc(C(C)(C)C)cc4)c4c(CC)ccc5ncncc45)c4ccc1c2c43. The first-order valence-corrected chi connectivity index (χ1v) is 38.2. The molecule has 538 valence electrons. The van der Waals surface area contributed by atoms with Crippen LogP contribution in [0.4, 0.5) is 68.2 Å². The number of hydrogen-bond donors (Lipinski definition) is 0. The number of fused-ring (bicyclic) bond motifs is 4. The van der Waals surface area contributed by atoms with Gasteiger partial charge in [-0.25, -0.2) is 39.9 Å². The van der Waals surface area contributed by atoms with Gasteiger partial charge in [-0.1, -0.05) is 208 Å². The van der Waals surface area contributed by atoms with E-state index in [0.29, 0.717) is 0 Å². The number of nitrogens with zero attached hydrogens (tertiary/aromatic N) is 12. The molecule has 12 nitrogen and oxygen atoms in total. The van der Waals surface area contributed by atoms with Crippen LogP contribution in [-0.2, 0) is 47.3 Å². The maximum atomic E-state index is 5.02. The zero-order valence-corrected chi connectivity index (χ0v) is 65.1. The predicted octanol–water partition coefficient (Wildman–Crippen LogP) is 25.7. The van der Waals surface area contributed by atoms with Crippen LogP contribution in [0.15, 0.2) is 232 Å². The quantitative estimate of drug-likeness (QED) is 0.0858. The van der Waals surface area contributed by atoms with Crippen molar-refractivity contribution in [3.63, 3.8) is 0 Å². The third-order valence-electron chi connectivity index (χ3n) is 22.1. The molecule has 0 bridgehead atoms. The van der Waals surface area contributed by atoms with Gasteiger partial charge < -0.3 is 19.6 Å². The topological polar surface area (TPSA) is 116 Å². The van der Waals surface area contributed by atoms with E-state index in [2.05, 4.69) is 312 Å². The fraction of sp³-hybridized carbons (Fsp3) is 0.250. The van der Waals surface area contributed by atoms with Gasteiger partial charge in [0.1, 0.15) is 25.3 Å². The van der Waals surface area contributed by atoms with Crippen molar-refractivity contribution >= 4 is 144 Å².